The molecule has 0 radical (unpaired) electrons. The molecular formula is C10H17N3S. The van der Waals surface area contributed by atoms with E-state index in [1.54, 1.807) is 24.2 Å². The quantitative estimate of drug-likeness (QED) is 0.576. The number of nitrogens with zero attached hydrogens (tertiary/aromatic N) is 2. The average molecular weight is 211 g/mol. The van der Waals surface area contributed by atoms with Crippen molar-refractivity contribution in [1.29, 1.82) is 0 Å². The van der Waals surface area contributed by atoms with Crippen LogP contribution in [-0.2, 0) is 0 Å². The smallest absolute Gasteiger partial charge is 0.187 e. The Morgan fingerprint density at radius 3 is 2.79 bits per heavy atom. The van der Waals surface area contributed by atoms with Crippen LogP contribution >= 0.6 is 11.8 Å². The number of hydrogen-bond acceptors (Lipinski definition) is 4. The van der Waals surface area contributed by atoms with Crippen LogP contribution in [0.1, 0.15) is 20.3 Å². The van der Waals surface area contributed by atoms with Crippen molar-refractivity contribution in [3.05, 3.63) is 18.5 Å². The van der Waals surface area contributed by atoms with Gasteiger partial charge in [0.1, 0.15) is 0 Å². The van der Waals surface area contributed by atoms with Crippen molar-refractivity contribution in [2.24, 2.45) is 0 Å². The second-order valence-electron chi connectivity index (χ2n) is 3.20. The van der Waals surface area contributed by atoms with E-state index in [9.17, 15) is 0 Å². The zero-order valence-corrected chi connectivity index (χ0v) is 9.55. The van der Waals surface area contributed by atoms with E-state index >= 15 is 0 Å². The van der Waals surface area contributed by atoms with Gasteiger partial charge in [-0.05, 0) is 26.0 Å². The highest BCUT2D eigenvalue weighted by molar-refractivity contribution is 7.99. The van der Waals surface area contributed by atoms with E-state index in [-0.39, 0.29) is 0 Å². The third kappa shape index (κ3) is 4.58. The summed E-state index contributed by atoms with van der Waals surface area (Å²) in [6.07, 6.45) is 4.73. The van der Waals surface area contributed by atoms with Crippen molar-refractivity contribution < 1.29 is 0 Å². The molecule has 78 valence electrons. The Morgan fingerprint density at radius 2 is 2.14 bits per heavy atom. The van der Waals surface area contributed by atoms with Crippen molar-refractivity contribution in [3.8, 4) is 0 Å². The van der Waals surface area contributed by atoms with Crippen molar-refractivity contribution in [2.75, 3.05) is 12.3 Å². The third-order valence-electron chi connectivity index (χ3n) is 1.75. The Kier molecular flexibility index (Phi) is 5.56. The summed E-state index contributed by atoms with van der Waals surface area (Å²) in [5.41, 5.74) is 0. The summed E-state index contributed by atoms with van der Waals surface area (Å²) in [7, 11) is 0. The SMILES string of the molecule is CCCNC(C)CSc1ncccn1. The van der Waals surface area contributed by atoms with Gasteiger partial charge in [-0.25, -0.2) is 9.97 Å². The van der Waals surface area contributed by atoms with E-state index < -0.39 is 0 Å². The molecule has 0 fully saturated rings. The van der Waals surface area contributed by atoms with Crippen LogP contribution in [0.3, 0.4) is 0 Å². The number of thioether (sulfide) groups is 1. The van der Waals surface area contributed by atoms with Crippen LogP contribution in [0.5, 0.6) is 0 Å². The highest BCUT2D eigenvalue weighted by atomic mass is 32.2. The Morgan fingerprint density at radius 1 is 1.43 bits per heavy atom. The first kappa shape index (κ1) is 11.5. The van der Waals surface area contributed by atoms with Gasteiger partial charge in [0.05, 0.1) is 0 Å². The summed E-state index contributed by atoms with van der Waals surface area (Å²) in [4.78, 5) is 8.31. The van der Waals surface area contributed by atoms with Gasteiger partial charge < -0.3 is 5.32 Å². The summed E-state index contributed by atoms with van der Waals surface area (Å²) in [6.45, 7) is 5.44. The fourth-order valence-electron chi connectivity index (χ4n) is 1.01. The maximum Gasteiger partial charge on any atom is 0.187 e. The van der Waals surface area contributed by atoms with E-state index in [4.69, 9.17) is 0 Å². The zero-order valence-electron chi connectivity index (χ0n) is 8.73. The second kappa shape index (κ2) is 6.79. The van der Waals surface area contributed by atoms with Gasteiger partial charge >= 0.3 is 0 Å². The molecule has 1 heterocycles. The lowest BCUT2D eigenvalue weighted by atomic mass is 10.3. The Bertz CT molecular complexity index is 240. The fraction of sp³-hybridized carbons (Fsp3) is 0.600. The summed E-state index contributed by atoms with van der Waals surface area (Å²) < 4.78 is 0. The van der Waals surface area contributed by atoms with E-state index in [2.05, 4.69) is 29.1 Å². The molecular weight excluding hydrogens is 194 g/mol. The lowest BCUT2D eigenvalue weighted by Gasteiger charge is -2.11. The number of hydrogen-bond donors (Lipinski definition) is 1. The van der Waals surface area contributed by atoms with Crippen molar-refractivity contribution in [3.63, 3.8) is 0 Å². The van der Waals surface area contributed by atoms with Gasteiger partial charge in [0.15, 0.2) is 5.16 Å². The molecule has 0 aliphatic carbocycles. The largest absolute Gasteiger partial charge is 0.313 e. The predicted octanol–water partition coefficient (Wildman–Crippen LogP) is 1.96. The molecule has 0 saturated heterocycles. The van der Waals surface area contributed by atoms with Crippen molar-refractivity contribution in [2.45, 2.75) is 31.5 Å². The monoisotopic (exact) mass is 211 g/mol. The molecule has 1 atom stereocenters. The number of nitrogens with one attached hydrogen (secondary N) is 1. The van der Waals surface area contributed by atoms with Crippen LogP contribution in [0.25, 0.3) is 0 Å². The second-order valence-corrected chi connectivity index (χ2v) is 4.18. The van der Waals surface area contributed by atoms with Crippen LogP contribution in [-0.4, -0.2) is 28.3 Å². The molecule has 0 bridgehead atoms. The number of aromatic nitrogens is 2. The first-order valence-electron chi connectivity index (χ1n) is 4.96. The van der Waals surface area contributed by atoms with E-state index in [0.29, 0.717) is 6.04 Å². The van der Waals surface area contributed by atoms with Crippen molar-refractivity contribution >= 4 is 11.8 Å². The van der Waals surface area contributed by atoms with E-state index in [1.807, 2.05) is 6.07 Å². The van der Waals surface area contributed by atoms with Gasteiger partial charge in [-0.3, -0.25) is 0 Å². The molecule has 0 aliphatic heterocycles. The van der Waals surface area contributed by atoms with Crippen LogP contribution in [0, 0.1) is 0 Å². The van der Waals surface area contributed by atoms with Gasteiger partial charge in [0, 0.05) is 24.2 Å². The topological polar surface area (TPSA) is 37.8 Å². The lowest BCUT2D eigenvalue weighted by Crippen LogP contribution is -2.28. The molecule has 0 saturated carbocycles. The Hall–Kier alpha value is -0.610. The number of rotatable bonds is 6. The molecule has 14 heavy (non-hydrogen) atoms. The summed E-state index contributed by atoms with van der Waals surface area (Å²) in [5, 5.41) is 4.29. The van der Waals surface area contributed by atoms with Gasteiger partial charge in [-0.15, -0.1) is 0 Å². The fourth-order valence-corrected chi connectivity index (χ4v) is 1.80. The van der Waals surface area contributed by atoms with Gasteiger partial charge in [-0.2, -0.15) is 0 Å². The highest BCUT2D eigenvalue weighted by Gasteiger charge is 2.02. The lowest BCUT2D eigenvalue weighted by molar-refractivity contribution is 0.590. The van der Waals surface area contributed by atoms with Crippen LogP contribution in [0.4, 0.5) is 0 Å². The minimum Gasteiger partial charge on any atom is -0.313 e. The van der Waals surface area contributed by atoms with Crippen LogP contribution in [0.15, 0.2) is 23.6 Å². The molecule has 1 aromatic rings. The van der Waals surface area contributed by atoms with Gasteiger partial charge in [0.25, 0.3) is 0 Å². The van der Waals surface area contributed by atoms with Crippen molar-refractivity contribution in [1.82, 2.24) is 15.3 Å². The molecule has 1 rings (SSSR count). The average Bonchev–Trinajstić information content (AvgIpc) is 2.25. The molecule has 0 aromatic carbocycles. The van der Waals surface area contributed by atoms with Gasteiger partial charge in [-0.1, -0.05) is 18.7 Å². The molecule has 0 aliphatic rings. The molecule has 4 heteroatoms. The minimum absolute atomic E-state index is 0.517. The summed E-state index contributed by atoms with van der Waals surface area (Å²) in [6, 6.07) is 2.35. The Labute approximate surface area is 89.7 Å². The van der Waals surface area contributed by atoms with E-state index in [1.165, 1.54) is 6.42 Å². The Balaban J connectivity index is 2.20. The molecule has 1 aromatic heterocycles. The summed E-state index contributed by atoms with van der Waals surface area (Å²) >= 11 is 1.69. The molecule has 1 unspecified atom stereocenters. The molecule has 1 N–H and O–H groups in total. The third-order valence-corrected chi connectivity index (χ3v) is 2.88. The molecule has 0 spiro atoms. The molecule has 3 nitrogen and oxygen atoms in total. The highest BCUT2D eigenvalue weighted by Crippen LogP contribution is 2.11. The summed E-state index contributed by atoms with van der Waals surface area (Å²) in [5.74, 6) is 1.02. The normalized spacial score (nSPS) is 12.7. The first-order chi connectivity index (χ1) is 6.83. The maximum absolute atomic E-state index is 4.16. The zero-order chi connectivity index (χ0) is 10.2. The predicted molar refractivity (Wildman–Crippen MR) is 60.5 cm³/mol. The maximum atomic E-state index is 4.16. The first-order valence-corrected chi connectivity index (χ1v) is 5.94. The standard InChI is InChI=1S/C10H17N3S/c1-3-5-11-9(2)8-14-10-12-6-4-7-13-10/h4,6-7,9,11H,3,5,8H2,1-2H3. The van der Waals surface area contributed by atoms with Crippen LogP contribution in [0.2, 0.25) is 0 Å². The van der Waals surface area contributed by atoms with Gasteiger partial charge in [0.2, 0.25) is 0 Å². The van der Waals surface area contributed by atoms with Crippen LogP contribution < -0.4 is 5.32 Å². The van der Waals surface area contributed by atoms with E-state index in [0.717, 1.165) is 17.5 Å². The molecule has 0 amide bonds. The minimum atomic E-state index is 0.517.